The highest BCUT2D eigenvalue weighted by Crippen LogP contribution is 2.38. The van der Waals surface area contributed by atoms with Gasteiger partial charge < -0.3 is 10.5 Å². The van der Waals surface area contributed by atoms with Crippen molar-refractivity contribution in [1.29, 1.82) is 0 Å². The van der Waals surface area contributed by atoms with Crippen LogP contribution in [-0.2, 0) is 4.79 Å². The van der Waals surface area contributed by atoms with E-state index in [4.69, 9.17) is 0 Å². The molecule has 0 aromatic carbocycles. The summed E-state index contributed by atoms with van der Waals surface area (Å²) < 4.78 is 0. The van der Waals surface area contributed by atoms with E-state index in [2.05, 4.69) is 5.32 Å². The molecule has 4 nitrogen and oxygen atoms in total. The van der Waals surface area contributed by atoms with Crippen LogP contribution < -0.4 is 5.32 Å². The van der Waals surface area contributed by atoms with Gasteiger partial charge in [0.25, 0.3) is 0 Å². The first-order chi connectivity index (χ1) is 6.71. The molecular weight excluding hydrogens is 192 g/mol. The van der Waals surface area contributed by atoms with Gasteiger partial charge in [0.1, 0.15) is 0 Å². The Bertz CT molecular complexity index is 261. The topological polar surface area (TPSA) is 52.6 Å². The van der Waals surface area contributed by atoms with E-state index >= 15 is 0 Å². The summed E-state index contributed by atoms with van der Waals surface area (Å²) in [6.07, 6.45) is 1.25. The SMILES string of the molecule is CCC(=O)NC1CC(C)(C)N(O)C1(C)C. The molecule has 0 aromatic rings. The molecule has 1 amide bonds. The average Bonchev–Trinajstić information content (AvgIpc) is 2.27. The molecule has 0 bridgehead atoms. The van der Waals surface area contributed by atoms with Crippen molar-refractivity contribution in [2.24, 2.45) is 0 Å². The number of hydrogen-bond donors (Lipinski definition) is 2. The van der Waals surface area contributed by atoms with E-state index in [1.54, 1.807) is 0 Å². The minimum atomic E-state index is -0.408. The molecule has 1 unspecified atom stereocenters. The first-order valence-electron chi connectivity index (χ1n) is 5.50. The molecular formula is C11H22N2O2. The van der Waals surface area contributed by atoms with E-state index in [-0.39, 0.29) is 17.5 Å². The van der Waals surface area contributed by atoms with Crippen molar-refractivity contribution in [3.05, 3.63) is 0 Å². The minimum Gasteiger partial charge on any atom is -0.351 e. The van der Waals surface area contributed by atoms with Crippen molar-refractivity contribution < 1.29 is 10.0 Å². The molecule has 1 saturated heterocycles. The minimum absolute atomic E-state index is 0.00458. The largest absolute Gasteiger partial charge is 0.351 e. The molecule has 15 heavy (non-hydrogen) atoms. The molecule has 0 spiro atoms. The third-order valence-corrected chi connectivity index (χ3v) is 3.33. The molecule has 0 radical (unpaired) electrons. The first kappa shape index (κ1) is 12.5. The van der Waals surface area contributed by atoms with Crippen LogP contribution in [0, 0.1) is 0 Å². The first-order valence-corrected chi connectivity index (χ1v) is 5.50. The number of carbonyl (C=O) groups excluding carboxylic acids is 1. The summed E-state index contributed by atoms with van der Waals surface area (Å²) >= 11 is 0. The van der Waals surface area contributed by atoms with Gasteiger partial charge in [-0.1, -0.05) is 6.92 Å². The predicted molar refractivity (Wildman–Crippen MR) is 58.6 cm³/mol. The van der Waals surface area contributed by atoms with Crippen LogP contribution in [0.4, 0.5) is 0 Å². The van der Waals surface area contributed by atoms with Crippen LogP contribution in [0.2, 0.25) is 0 Å². The summed E-state index contributed by atoms with van der Waals surface area (Å²) in [4.78, 5) is 11.4. The van der Waals surface area contributed by atoms with E-state index in [0.29, 0.717) is 6.42 Å². The third kappa shape index (κ3) is 2.16. The van der Waals surface area contributed by atoms with E-state index in [9.17, 15) is 10.0 Å². The number of amides is 1. The molecule has 1 rings (SSSR count). The standard InChI is InChI=1S/C11H22N2O2/c1-6-9(14)12-8-7-10(2,3)13(15)11(8,4)5/h8,15H,6-7H2,1-5H3,(H,12,14). The van der Waals surface area contributed by atoms with Crippen molar-refractivity contribution in [3.63, 3.8) is 0 Å². The number of nitrogens with one attached hydrogen (secondary N) is 1. The van der Waals surface area contributed by atoms with Crippen LogP contribution in [0.1, 0.15) is 47.5 Å². The third-order valence-electron chi connectivity index (χ3n) is 3.33. The molecule has 1 atom stereocenters. The summed E-state index contributed by atoms with van der Waals surface area (Å²) in [6.45, 7) is 9.68. The average molecular weight is 214 g/mol. The summed E-state index contributed by atoms with van der Waals surface area (Å²) in [5, 5.41) is 14.3. The smallest absolute Gasteiger partial charge is 0.219 e. The Balaban J connectivity index is 2.80. The van der Waals surface area contributed by atoms with Crippen molar-refractivity contribution in [3.8, 4) is 0 Å². The number of carbonyl (C=O) groups is 1. The molecule has 0 aromatic heterocycles. The maximum atomic E-state index is 11.4. The normalized spacial score (nSPS) is 29.1. The molecule has 4 heteroatoms. The van der Waals surface area contributed by atoms with Gasteiger partial charge in [-0.05, 0) is 34.1 Å². The summed E-state index contributed by atoms with van der Waals surface area (Å²) in [6, 6.07) is 0.00458. The van der Waals surface area contributed by atoms with Crippen LogP contribution in [0.25, 0.3) is 0 Å². The molecule has 88 valence electrons. The fourth-order valence-corrected chi connectivity index (χ4v) is 2.29. The van der Waals surface area contributed by atoms with Gasteiger partial charge in [-0.15, -0.1) is 0 Å². The Hall–Kier alpha value is -0.610. The summed E-state index contributed by atoms with van der Waals surface area (Å²) in [5.41, 5.74) is -0.691. The number of rotatable bonds is 2. The zero-order valence-corrected chi connectivity index (χ0v) is 10.3. The Morgan fingerprint density at radius 1 is 1.47 bits per heavy atom. The lowest BCUT2D eigenvalue weighted by Crippen LogP contribution is -2.53. The van der Waals surface area contributed by atoms with Crippen molar-refractivity contribution >= 4 is 5.91 Å². The highest BCUT2D eigenvalue weighted by molar-refractivity contribution is 5.76. The van der Waals surface area contributed by atoms with E-state index in [1.165, 1.54) is 5.06 Å². The molecule has 0 saturated carbocycles. The second-order valence-electron chi connectivity index (χ2n) is 5.46. The molecule has 1 aliphatic heterocycles. The van der Waals surface area contributed by atoms with Gasteiger partial charge in [0, 0.05) is 12.0 Å². The lowest BCUT2D eigenvalue weighted by molar-refractivity contribution is -0.194. The van der Waals surface area contributed by atoms with E-state index in [1.807, 2.05) is 34.6 Å². The Morgan fingerprint density at radius 3 is 2.33 bits per heavy atom. The molecule has 1 heterocycles. The van der Waals surface area contributed by atoms with E-state index < -0.39 is 5.54 Å². The van der Waals surface area contributed by atoms with Gasteiger partial charge >= 0.3 is 0 Å². The lowest BCUT2D eigenvalue weighted by Gasteiger charge is -2.35. The summed E-state index contributed by atoms with van der Waals surface area (Å²) in [7, 11) is 0. The zero-order valence-electron chi connectivity index (χ0n) is 10.3. The van der Waals surface area contributed by atoms with Crippen LogP contribution in [0.3, 0.4) is 0 Å². The highest BCUT2D eigenvalue weighted by atomic mass is 16.5. The van der Waals surface area contributed by atoms with Crippen LogP contribution in [-0.4, -0.2) is 33.3 Å². The maximum absolute atomic E-state index is 11.4. The van der Waals surface area contributed by atoms with Gasteiger partial charge in [0.05, 0.1) is 11.6 Å². The zero-order chi connectivity index (χ0) is 11.9. The second-order valence-corrected chi connectivity index (χ2v) is 5.46. The number of hydroxylamine groups is 2. The monoisotopic (exact) mass is 214 g/mol. The highest BCUT2D eigenvalue weighted by Gasteiger charge is 2.51. The Kier molecular flexibility index (Phi) is 3.12. The quantitative estimate of drug-likeness (QED) is 0.733. The van der Waals surface area contributed by atoms with Crippen LogP contribution in [0.15, 0.2) is 0 Å². The number of hydrogen-bond acceptors (Lipinski definition) is 3. The van der Waals surface area contributed by atoms with Gasteiger partial charge in [-0.3, -0.25) is 4.79 Å². The molecule has 2 N–H and O–H groups in total. The van der Waals surface area contributed by atoms with Gasteiger partial charge in [-0.2, -0.15) is 5.06 Å². The number of nitrogens with zero attached hydrogens (tertiary/aromatic N) is 1. The van der Waals surface area contributed by atoms with Crippen LogP contribution in [0.5, 0.6) is 0 Å². The lowest BCUT2D eigenvalue weighted by atomic mass is 9.94. The second kappa shape index (κ2) is 3.76. The fraction of sp³-hybridized carbons (Fsp3) is 0.909. The van der Waals surface area contributed by atoms with Gasteiger partial charge in [0.15, 0.2) is 0 Å². The van der Waals surface area contributed by atoms with Gasteiger partial charge in [-0.25, -0.2) is 0 Å². The fourth-order valence-electron chi connectivity index (χ4n) is 2.29. The molecule has 1 aliphatic rings. The van der Waals surface area contributed by atoms with Crippen molar-refractivity contribution in [2.45, 2.75) is 64.6 Å². The van der Waals surface area contributed by atoms with Crippen molar-refractivity contribution in [2.75, 3.05) is 0 Å². The summed E-state index contributed by atoms with van der Waals surface area (Å²) in [5.74, 6) is 0.0409. The van der Waals surface area contributed by atoms with Crippen LogP contribution >= 0.6 is 0 Å². The molecule has 1 fully saturated rings. The molecule has 0 aliphatic carbocycles. The van der Waals surface area contributed by atoms with Gasteiger partial charge in [0.2, 0.25) is 5.91 Å². The van der Waals surface area contributed by atoms with E-state index in [0.717, 1.165) is 6.42 Å². The predicted octanol–water partition coefficient (Wildman–Crippen LogP) is 1.53. The maximum Gasteiger partial charge on any atom is 0.219 e. The Labute approximate surface area is 91.6 Å². The Morgan fingerprint density at radius 2 is 2.00 bits per heavy atom. The van der Waals surface area contributed by atoms with Crippen molar-refractivity contribution in [1.82, 2.24) is 10.4 Å².